The molecule has 0 spiro atoms. The van der Waals surface area contributed by atoms with Gasteiger partial charge in [-0.1, -0.05) is 0 Å². The molecular weight excluding hydrogens is 594 g/mol. The van der Waals surface area contributed by atoms with Crippen LogP contribution in [0.5, 0.6) is 0 Å². The average Bonchev–Trinajstić information content (AvgIpc) is 3.42. The van der Waals surface area contributed by atoms with Gasteiger partial charge in [0.25, 0.3) is 0 Å². The molecule has 7 heteroatoms. The molecule has 0 saturated carbocycles. The van der Waals surface area contributed by atoms with Gasteiger partial charge in [0.2, 0.25) is 0 Å². The molecule has 0 atom stereocenters. The Morgan fingerprint density at radius 3 is 1.65 bits per heavy atom. The van der Waals surface area contributed by atoms with Crippen molar-refractivity contribution < 1.29 is 5.11 Å². The van der Waals surface area contributed by atoms with E-state index in [0.717, 1.165) is 26.2 Å². The van der Waals surface area contributed by atoms with Gasteiger partial charge in [-0.2, -0.15) is 0 Å². The van der Waals surface area contributed by atoms with E-state index in [1.807, 2.05) is 73.9 Å². The Morgan fingerprint density at radius 2 is 1.11 bits per heavy atom. The molecule has 2 aromatic heterocycles. The fourth-order valence-electron chi connectivity index (χ4n) is 4.12. The molecule has 0 radical (unpaired) electrons. The number of aromatic nitrogens is 2. The summed E-state index contributed by atoms with van der Waals surface area (Å²) < 4.78 is 6.18. The standard InChI is InChI=1S/C15H13NO2Se.C15H13NOSe/c17-10-12-6-2-1-5-11(12)9-16-15(18)13-7-3-4-8-14(13)19-16;1-11-6-8-12(9-7-11)10-16-15(17)13-4-2-3-5-14(13)18-16/h1-8,17H,9-10H2;2-9H,10H2,1H3. The molecule has 1 N–H and O–H groups in total. The molecule has 2 heterocycles. The Bertz CT molecular complexity index is 1780. The maximum absolute atomic E-state index is 12.3. The summed E-state index contributed by atoms with van der Waals surface area (Å²) in [5.74, 6) is 0. The Hall–Kier alpha value is -3.18. The van der Waals surface area contributed by atoms with Gasteiger partial charge in [-0.3, -0.25) is 0 Å². The van der Waals surface area contributed by atoms with Crippen molar-refractivity contribution in [3.8, 4) is 0 Å². The van der Waals surface area contributed by atoms with E-state index in [2.05, 4.69) is 37.3 Å². The molecule has 0 aliphatic heterocycles. The summed E-state index contributed by atoms with van der Waals surface area (Å²) in [6.45, 7) is 3.38. The number of aryl methyl sites for hydroxylation is 1. The van der Waals surface area contributed by atoms with Crippen LogP contribution in [0.2, 0.25) is 0 Å². The third-order valence-electron chi connectivity index (χ3n) is 6.15. The number of benzene rings is 4. The van der Waals surface area contributed by atoms with Gasteiger partial charge in [0.1, 0.15) is 0 Å². The van der Waals surface area contributed by atoms with E-state index in [4.69, 9.17) is 0 Å². The zero-order chi connectivity index (χ0) is 25.8. The van der Waals surface area contributed by atoms with Gasteiger partial charge >= 0.3 is 228 Å². The minimum absolute atomic E-state index is 0.0121. The van der Waals surface area contributed by atoms with Crippen molar-refractivity contribution in [2.24, 2.45) is 0 Å². The van der Waals surface area contributed by atoms with Crippen molar-refractivity contribution in [1.82, 2.24) is 7.12 Å². The van der Waals surface area contributed by atoms with Crippen molar-refractivity contribution in [2.45, 2.75) is 26.6 Å². The first-order chi connectivity index (χ1) is 18.0. The van der Waals surface area contributed by atoms with E-state index in [-0.39, 0.29) is 47.2 Å². The molecule has 0 aliphatic rings. The van der Waals surface area contributed by atoms with Crippen LogP contribution in [0.15, 0.2) is 107 Å². The van der Waals surface area contributed by atoms with E-state index < -0.39 is 0 Å². The van der Waals surface area contributed by atoms with E-state index >= 15 is 0 Å². The van der Waals surface area contributed by atoms with Crippen molar-refractivity contribution in [3.05, 3.63) is 140 Å². The van der Waals surface area contributed by atoms with Gasteiger partial charge in [0, 0.05) is 0 Å². The quantitative estimate of drug-likeness (QED) is 0.297. The zero-order valence-electron chi connectivity index (χ0n) is 20.3. The van der Waals surface area contributed by atoms with Crippen LogP contribution in [0, 0.1) is 6.92 Å². The molecule has 6 aromatic rings. The second-order valence-electron chi connectivity index (χ2n) is 8.77. The molecule has 0 amide bonds. The number of hydrogen-bond acceptors (Lipinski definition) is 3. The fraction of sp³-hybridized carbons (Fsp3) is 0.133. The molecule has 0 fully saturated rings. The van der Waals surface area contributed by atoms with Crippen LogP contribution < -0.4 is 11.1 Å². The van der Waals surface area contributed by atoms with Crippen LogP contribution in [-0.4, -0.2) is 41.7 Å². The Balaban J connectivity index is 0.000000152. The van der Waals surface area contributed by atoms with Crippen LogP contribution >= 0.6 is 0 Å². The molecule has 0 bridgehead atoms. The van der Waals surface area contributed by atoms with Gasteiger partial charge in [0.05, 0.1) is 0 Å². The summed E-state index contributed by atoms with van der Waals surface area (Å²) in [6, 6.07) is 31.8. The summed E-state index contributed by atoms with van der Waals surface area (Å²) in [5, 5.41) is 11.0. The predicted octanol–water partition coefficient (Wildman–Crippen LogP) is 4.01. The van der Waals surface area contributed by atoms with Crippen molar-refractivity contribution >= 4 is 48.8 Å². The van der Waals surface area contributed by atoms with Crippen LogP contribution in [0.25, 0.3) is 19.3 Å². The van der Waals surface area contributed by atoms with E-state index in [0.29, 0.717) is 13.1 Å². The summed E-state index contributed by atoms with van der Waals surface area (Å²) in [7, 11) is 0. The fourth-order valence-corrected chi connectivity index (χ4v) is 8.41. The first kappa shape index (κ1) is 25.5. The first-order valence-electron chi connectivity index (χ1n) is 11.9. The van der Waals surface area contributed by atoms with Gasteiger partial charge in [-0.25, -0.2) is 0 Å². The number of aliphatic hydroxyl groups excluding tert-OH is 1. The van der Waals surface area contributed by atoms with E-state index in [1.54, 1.807) is 0 Å². The number of fused-ring (bicyclic) bond motifs is 2. The SMILES string of the molecule is Cc1ccc(Cn2[se]c3ccccc3c2=O)cc1.O=c1c2ccccc2[se]n1Cc1ccccc1CO. The normalized spacial score (nSPS) is 11.0. The van der Waals surface area contributed by atoms with Crippen molar-refractivity contribution in [3.63, 3.8) is 0 Å². The molecule has 0 aliphatic carbocycles. The third-order valence-corrected chi connectivity index (χ3v) is 10.6. The molecular formula is C30H26N2O3Se2. The Labute approximate surface area is 226 Å². The number of rotatable bonds is 5. The summed E-state index contributed by atoms with van der Waals surface area (Å²) in [6.07, 6.45) is 0. The molecule has 0 saturated heterocycles. The van der Waals surface area contributed by atoms with Gasteiger partial charge in [-0.15, -0.1) is 0 Å². The molecule has 5 nitrogen and oxygen atoms in total. The first-order valence-corrected chi connectivity index (χ1v) is 15.2. The van der Waals surface area contributed by atoms with Crippen LogP contribution in [-0.2, 0) is 19.7 Å². The molecule has 4 aromatic carbocycles. The average molecular weight is 620 g/mol. The monoisotopic (exact) mass is 622 g/mol. The van der Waals surface area contributed by atoms with Crippen LogP contribution in [0.4, 0.5) is 0 Å². The van der Waals surface area contributed by atoms with Crippen LogP contribution in [0.3, 0.4) is 0 Å². The second-order valence-corrected chi connectivity index (χ2v) is 13.2. The van der Waals surface area contributed by atoms with Gasteiger partial charge in [0.15, 0.2) is 0 Å². The summed E-state index contributed by atoms with van der Waals surface area (Å²) in [4.78, 5) is 24.5. The minimum atomic E-state index is 0.0121. The van der Waals surface area contributed by atoms with Crippen LogP contribution in [0.1, 0.15) is 22.3 Å². The van der Waals surface area contributed by atoms with E-state index in [1.165, 1.54) is 15.4 Å². The predicted molar refractivity (Wildman–Crippen MR) is 152 cm³/mol. The van der Waals surface area contributed by atoms with E-state index in [9.17, 15) is 14.7 Å². The third kappa shape index (κ3) is 5.72. The van der Waals surface area contributed by atoms with Gasteiger partial charge in [-0.05, 0) is 0 Å². The maximum atomic E-state index is 12.3. The topological polar surface area (TPSA) is 64.2 Å². The van der Waals surface area contributed by atoms with Gasteiger partial charge < -0.3 is 0 Å². The van der Waals surface area contributed by atoms with Crippen molar-refractivity contribution in [1.29, 1.82) is 0 Å². The number of hydrogen-bond donors (Lipinski definition) is 1. The van der Waals surface area contributed by atoms with Crippen molar-refractivity contribution in [2.75, 3.05) is 0 Å². The Morgan fingerprint density at radius 1 is 0.622 bits per heavy atom. The summed E-state index contributed by atoms with van der Waals surface area (Å²) in [5.41, 5.74) is 4.63. The molecule has 6 rings (SSSR count). The number of nitrogens with zero attached hydrogens (tertiary/aromatic N) is 2. The molecule has 186 valence electrons. The molecule has 0 unspecified atom stereocenters. The zero-order valence-corrected chi connectivity index (χ0v) is 23.8. The molecule has 37 heavy (non-hydrogen) atoms. The Kier molecular flexibility index (Phi) is 7.90. The second kappa shape index (κ2) is 11.5. The summed E-state index contributed by atoms with van der Waals surface area (Å²) >= 11 is 0.162. The number of aliphatic hydroxyl groups is 1.